The summed E-state index contributed by atoms with van der Waals surface area (Å²) in [4.78, 5) is 21.4. The molecule has 1 N–H and O–H groups in total. The number of hydrogen-bond acceptors (Lipinski definition) is 4. The Bertz CT molecular complexity index is 318. The van der Waals surface area contributed by atoms with E-state index in [1.165, 1.54) is 13.8 Å². The molecular formula is C11H19NO4. The number of rotatable bonds is 5. The third-order valence-corrected chi connectivity index (χ3v) is 2.94. The molecule has 0 rings (SSSR count). The van der Waals surface area contributed by atoms with Crippen LogP contribution in [0.25, 0.3) is 0 Å². The highest BCUT2D eigenvalue weighted by Crippen LogP contribution is 2.28. The van der Waals surface area contributed by atoms with Gasteiger partial charge in [0.25, 0.3) is 0 Å². The summed E-state index contributed by atoms with van der Waals surface area (Å²) in [7, 11) is 0. The van der Waals surface area contributed by atoms with Crippen LogP contribution in [0.5, 0.6) is 0 Å². The summed E-state index contributed by atoms with van der Waals surface area (Å²) >= 11 is 0. The Morgan fingerprint density at radius 1 is 1.44 bits per heavy atom. The molecular weight excluding hydrogens is 210 g/mol. The smallest absolute Gasteiger partial charge is 0.236 e. The normalized spacial score (nSPS) is 18.1. The Morgan fingerprint density at radius 2 is 1.88 bits per heavy atom. The summed E-state index contributed by atoms with van der Waals surface area (Å²) in [5.74, 6) is -0.977. The summed E-state index contributed by atoms with van der Waals surface area (Å²) in [6.45, 7) is 7.93. The summed E-state index contributed by atoms with van der Waals surface area (Å²) < 4.78 is 0. The van der Waals surface area contributed by atoms with Crippen LogP contribution in [-0.4, -0.2) is 21.4 Å². The molecule has 2 atom stereocenters. The summed E-state index contributed by atoms with van der Waals surface area (Å²) in [5, 5.41) is 20.4. The van der Waals surface area contributed by atoms with Crippen LogP contribution in [0.1, 0.15) is 34.6 Å². The van der Waals surface area contributed by atoms with Gasteiger partial charge in [-0.05, 0) is 13.8 Å². The van der Waals surface area contributed by atoms with Crippen molar-refractivity contribution in [1.29, 1.82) is 0 Å². The van der Waals surface area contributed by atoms with Gasteiger partial charge in [0, 0.05) is 17.4 Å². The second kappa shape index (κ2) is 5.21. The molecule has 0 aromatic heterocycles. The molecule has 5 heteroatoms. The maximum absolute atomic E-state index is 11.7. The molecule has 5 nitrogen and oxygen atoms in total. The highest BCUT2D eigenvalue weighted by atomic mass is 16.6. The zero-order valence-electron chi connectivity index (χ0n) is 10.4. The van der Waals surface area contributed by atoms with Gasteiger partial charge in [-0.3, -0.25) is 14.9 Å². The zero-order valence-corrected chi connectivity index (χ0v) is 10.4. The number of carbonyl (C=O) groups excluding carboxylic acids is 1. The van der Waals surface area contributed by atoms with Gasteiger partial charge in [0.1, 0.15) is 5.78 Å². The molecule has 0 aliphatic carbocycles. The van der Waals surface area contributed by atoms with Crippen molar-refractivity contribution in [3.05, 3.63) is 21.9 Å². The molecule has 16 heavy (non-hydrogen) atoms. The van der Waals surface area contributed by atoms with Crippen molar-refractivity contribution in [1.82, 2.24) is 0 Å². The van der Waals surface area contributed by atoms with Gasteiger partial charge >= 0.3 is 0 Å². The van der Waals surface area contributed by atoms with Crippen LogP contribution >= 0.6 is 0 Å². The second-order valence-corrected chi connectivity index (χ2v) is 4.52. The van der Waals surface area contributed by atoms with E-state index in [0.717, 1.165) is 6.20 Å². The van der Waals surface area contributed by atoms with Crippen LogP contribution < -0.4 is 0 Å². The molecule has 0 spiro atoms. The number of carbonyl (C=O) groups is 1. The van der Waals surface area contributed by atoms with Crippen LogP contribution in [0.4, 0.5) is 0 Å². The van der Waals surface area contributed by atoms with E-state index in [4.69, 9.17) is 0 Å². The third kappa shape index (κ3) is 3.41. The van der Waals surface area contributed by atoms with Crippen molar-refractivity contribution in [2.24, 2.45) is 11.8 Å². The standard InChI is InChI=1S/C11H19NO4/c1-7(2)10(13)9(4)11(5,14)8(3)6-12(15)16/h6-7,9,14H,1-5H3/b8-6+. The van der Waals surface area contributed by atoms with Crippen molar-refractivity contribution in [3.63, 3.8) is 0 Å². The number of hydrogen-bond donors (Lipinski definition) is 1. The maximum atomic E-state index is 11.7. The van der Waals surface area contributed by atoms with Crippen molar-refractivity contribution in [2.75, 3.05) is 0 Å². The van der Waals surface area contributed by atoms with Crippen LogP contribution in [0.2, 0.25) is 0 Å². The molecule has 2 unspecified atom stereocenters. The highest BCUT2D eigenvalue weighted by Gasteiger charge is 2.37. The van der Waals surface area contributed by atoms with Gasteiger partial charge in [0.15, 0.2) is 0 Å². The summed E-state index contributed by atoms with van der Waals surface area (Å²) in [6, 6.07) is 0. The van der Waals surface area contributed by atoms with Crippen LogP contribution in [0, 0.1) is 22.0 Å². The van der Waals surface area contributed by atoms with Gasteiger partial charge in [-0.25, -0.2) is 0 Å². The molecule has 0 amide bonds. The Labute approximate surface area is 95.3 Å². The first-order valence-corrected chi connectivity index (χ1v) is 5.19. The summed E-state index contributed by atoms with van der Waals surface area (Å²) in [6.07, 6.45) is 0.740. The first-order chi connectivity index (χ1) is 7.10. The van der Waals surface area contributed by atoms with Gasteiger partial charge < -0.3 is 5.11 Å². The molecule has 92 valence electrons. The molecule has 0 aliphatic heterocycles. The number of aliphatic hydroxyl groups is 1. The fraction of sp³-hybridized carbons (Fsp3) is 0.727. The average molecular weight is 229 g/mol. The molecule has 0 aromatic rings. The van der Waals surface area contributed by atoms with E-state index in [1.54, 1.807) is 20.8 Å². The van der Waals surface area contributed by atoms with Crippen LogP contribution in [0.15, 0.2) is 11.8 Å². The molecule has 0 saturated heterocycles. The van der Waals surface area contributed by atoms with Crippen molar-refractivity contribution in [3.8, 4) is 0 Å². The van der Waals surface area contributed by atoms with E-state index in [0.29, 0.717) is 0 Å². The van der Waals surface area contributed by atoms with Gasteiger partial charge in [0.2, 0.25) is 6.20 Å². The van der Waals surface area contributed by atoms with E-state index >= 15 is 0 Å². The van der Waals surface area contributed by atoms with Gasteiger partial charge in [-0.1, -0.05) is 20.8 Å². The van der Waals surface area contributed by atoms with Crippen LogP contribution in [0.3, 0.4) is 0 Å². The lowest BCUT2D eigenvalue weighted by Crippen LogP contribution is -2.40. The van der Waals surface area contributed by atoms with Crippen molar-refractivity contribution >= 4 is 5.78 Å². The predicted octanol–water partition coefficient (Wildman–Crippen LogP) is 1.78. The zero-order chi connectivity index (χ0) is 13.1. The van der Waals surface area contributed by atoms with E-state index in [9.17, 15) is 20.0 Å². The van der Waals surface area contributed by atoms with Gasteiger partial charge in [-0.15, -0.1) is 0 Å². The molecule has 0 saturated carbocycles. The quantitative estimate of drug-likeness (QED) is 0.575. The topological polar surface area (TPSA) is 80.4 Å². The van der Waals surface area contributed by atoms with E-state index in [-0.39, 0.29) is 17.3 Å². The minimum atomic E-state index is -1.48. The Balaban J connectivity index is 5.05. The lowest BCUT2D eigenvalue weighted by molar-refractivity contribution is -0.404. The molecule has 0 radical (unpaired) electrons. The van der Waals surface area contributed by atoms with E-state index < -0.39 is 16.4 Å². The number of nitro groups is 1. The monoisotopic (exact) mass is 229 g/mol. The molecule has 0 heterocycles. The lowest BCUT2D eigenvalue weighted by atomic mass is 9.79. The SMILES string of the molecule is C/C(=C\[N+](=O)[O-])C(C)(O)C(C)C(=O)C(C)C. The minimum absolute atomic E-state index is 0.110. The molecule has 0 aliphatic rings. The van der Waals surface area contributed by atoms with Crippen LogP contribution in [-0.2, 0) is 4.79 Å². The maximum Gasteiger partial charge on any atom is 0.236 e. The number of ketones is 1. The predicted molar refractivity (Wildman–Crippen MR) is 60.4 cm³/mol. The Hall–Kier alpha value is -1.23. The Morgan fingerprint density at radius 3 is 2.19 bits per heavy atom. The van der Waals surface area contributed by atoms with E-state index in [1.807, 2.05) is 0 Å². The number of Topliss-reactive ketones (excluding diaryl/α,β-unsaturated/α-hetero) is 1. The fourth-order valence-electron chi connectivity index (χ4n) is 1.41. The average Bonchev–Trinajstić information content (AvgIpc) is 2.14. The second-order valence-electron chi connectivity index (χ2n) is 4.52. The van der Waals surface area contributed by atoms with Crippen molar-refractivity contribution in [2.45, 2.75) is 40.2 Å². The molecule has 0 fully saturated rings. The summed E-state index contributed by atoms with van der Waals surface area (Å²) in [5.41, 5.74) is -1.30. The first-order valence-electron chi connectivity index (χ1n) is 5.19. The van der Waals surface area contributed by atoms with E-state index in [2.05, 4.69) is 0 Å². The first kappa shape index (κ1) is 14.8. The third-order valence-electron chi connectivity index (χ3n) is 2.94. The number of nitrogens with zero attached hydrogens (tertiary/aromatic N) is 1. The highest BCUT2D eigenvalue weighted by molar-refractivity contribution is 5.84. The minimum Gasteiger partial charge on any atom is -0.385 e. The van der Waals surface area contributed by atoms with Gasteiger partial charge in [0.05, 0.1) is 10.5 Å². The molecule has 0 bridgehead atoms. The lowest BCUT2D eigenvalue weighted by Gasteiger charge is -2.30. The Kier molecular flexibility index (Phi) is 4.81. The van der Waals surface area contributed by atoms with Crippen molar-refractivity contribution < 1.29 is 14.8 Å². The largest absolute Gasteiger partial charge is 0.385 e. The molecule has 0 aromatic carbocycles. The fourth-order valence-corrected chi connectivity index (χ4v) is 1.41. The van der Waals surface area contributed by atoms with Gasteiger partial charge in [-0.2, -0.15) is 0 Å².